The van der Waals surface area contributed by atoms with E-state index in [4.69, 9.17) is 27.9 Å². The lowest BCUT2D eigenvalue weighted by atomic mass is 9.94. The van der Waals surface area contributed by atoms with Crippen LogP contribution >= 0.6 is 23.2 Å². The summed E-state index contributed by atoms with van der Waals surface area (Å²) >= 11 is 12.4. The van der Waals surface area contributed by atoms with Crippen LogP contribution in [0.25, 0.3) is 5.76 Å². The fourth-order valence-corrected chi connectivity index (χ4v) is 4.79. The first-order valence-corrected chi connectivity index (χ1v) is 11.1. The van der Waals surface area contributed by atoms with Crippen molar-refractivity contribution in [3.8, 4) is 11.5 Å². The Hall–Kier alpha value is -3.48. The average Bonchev–Trinajstić information content (AvgIpc) is 3.04. The van der Waals surface area contributed by atoms with E-state index >= 15 is 0 Å². The van der Waals surface area contributed by atoms with E-state index < -0.39 is 23.5 Å². The predicted octanol–water partition coefficient (Wildman–Crippen LogP) is 5.95. The zero-order chi connectivity index (χ0) is 24.7. The molecule has 4 rings (SSSR count). The van der Waals surface area contributed by atoms with Gasteiger partial charge in [-0.3, -0.25) is 14.5 Å². The fraction of sp³-hybridized carbons (Fsp3) is 0.154. The van der Waals surface area contributed by atoms with Crippen LogP contribution in [0.4, 0.5) is 5.69 Å². The summed E-state index contributed by atoms with van der Waals surface area (Å²) in [6.07, 6.45) is 0. The van der Waals surface area contributed by atoms with Crippen LogP contribution in [0.5, 0.6) is 11.5 Å². The number of aliphatic hydroxyl groups is 1. The summed E-state index contributed by atoms with van der Waals surface area (Å²) in [7, 11) is 1.37. The highest BCUT2D eigenvalue weighted by atomic mass is 35.5. The molecular weight excluding hydrogens is 477 g/mol. The van der Waals surface area contributed by atoms with Gasteiger partial charge >= 0.3 is 0 Å². The Bertz CT molecular complexity index is 1350. The molecule has 8 heteroatoms. The Morgan fingerprint density at radius 1 is 1.00 bits per heavy atom. The maximum absolute atomic E-state index is 13.3. The summed E-state index contributed by atoms with van der Waals surface area (Å²) in [6, 6.07) is 13.5. The fourth-order valence-electron chi connectivity index (χ4n) is 4.22. The molecular formula is C26H21Cl2NO5. The number of hydrogen-bond donors (Lipinski definition) is 2. The smallest absolute Gasteiger partial charge is 0.300 e. The van der Waals surface area contributed by atoms with Gasteiger partial charge in [-0.15, -0.1) is 0 Å². The molecule has 1 atom stereocenters. The summed E-state index contributed by atoms with van der Waals surface area (Å²) < 4.78 is 5.35. The number of carbonyl (C=O) groups is 2. The number of benzene rings is 3. The number of hydrogen-bond acceptors (Lipinski definition) is 5. The molecule has 3 aromatic carbocycles. The normalized spacial score (nSPS) is 17.3. The number of phenols is 1. The topological polar surface area (TPSA) is 87.1 Å². The number of aromatic hydroxyl groups is 1. The standard InChI is InChI=1S/C26H21Cl2NO5/c1-13-4-9-20(14(2)10-13)29-22(15-5-7-17(30)8-6-15)21(24(32)26(29)33)23(31)18-11-16(27)12-19(28)25(18)34-3/h4-12,22,30-31H,1-3H3/b23-21+. The van der Waals surface area contributed by atoms with E-state index in [9.17, 15) is 19.8 Å². The van der Waals surface area contributed by atoms with E-state index in [-0.39, 0.29) is 32.7 Å². The maximum Gasteiger partial charge on any atom is 0.300 e. The number of anilines is 1. The SMILES string of the molecule is COc1c(Cl)cc(Cl)cc1/C(O)=C1\C(=O)C(=O)N(c2ccc(C)cc2C)C1c1ccc(O)cc1. The summed E-state index contributed by atoms with van der Waals surface area (Å²) in [5.41, 5.74) is 2.77. The van der Waals surface area contributed by atoms with Crippen molar-refractivity contribution in [1.82, 2.24) is 0 Å². The maximum atomic E-state index is 13.3. The van der Waals surface area contributed by atoms with Crippen molar-refractivity contribution in [2.24, 2.45) is 0 Å². The minimum atomic E-state index is -0.968. The van der Waals surface area contributed by atoms with Gasteiger partial charge in [-0.25, -0.2) is 0 Å². The number of amides is 1. The number of methoxy groups -OCH3 is 1. The molecule has 1 aliphatic rings. The Labute approximate surface area is 206 Å². The summed E-state index contributed by atoms with van der Waals surface area (Å²) in [6.45, 7) is 3.77. The molecule has 6 nitrogen and oxygen atoms in total. The number of nitrogens with zero attached hydrogens (tertiary/aromatic N) is 1. The zero-order valence-corrected chi connectivity index (χ0v) is 20.1. The van der Waals surface area contributed by atoms with Crippen LogP contribution in [0.15, 0.2) is 60.2 Å². The minimum absolute atomic E-state index is 0.0236. The monoisotopic (exact) mass is 497 g/mol. The number of ketones is 1. The first-order chi connectivity index (χ1) is 16.1. The van der Waals surface area contributed by atoms with Gasteiger partial charge in [0, 0.05) is 10.7 Å². The molecule has 1 saturated heterocycles. The molecule has 1 heterocycles. The molecule has 1 fully saturated rings. The van der Waals surface area contributed by atoms with Gasteiger partial charge in [-0.1, -0.05) is 53.0 Å². The number of carbonyl (C=O) groups excluding carboxylic acids is 2. The highest BCUT2D eigenvalue weighted by molar-refractivity contribution is 6.52. The van der Waals surface area contributed by atoms with Gasteiger partial charge in [0.25, 0.3) is 11.7 Å². The number of rotatable bonds is 4. The van der Waals surface area contributed by atoms with E-state index in [0.717, 1.165) is 11.1 Å². The Morgan fingerprint density at radius 3 is 2.29 bits per heavy atom. The van der Waals surface area contributed by atoms with Gasteiger partial charge in [0.05, 0.1) is 29.3 Å². The third-order valence-corrected chi connectivity index (χ3v) is 6.23. The van der Waals surface area contributed by atoms with E-state index in [1.165, 1.54) is 36.3 Å². The lowest BCUT2D eigenvalue weighted by molar-refractivity contribution is -0.132. The first-order valence-electron chi connectivity index (χ1n) is 10.3. The molecule has 0 spiro atoms. The van der Waals surface area contributed by atoms with Crippen LogP contribution in [-0.2, 0) is 9.59 Å². The molecule has 0 bridgehead atoms. The van der Waals surface area contributed by atoms with Crippen LogP contribution < -0.4 is 9.64 Å². The molecule has 1 unspecified atom stereocenters. The minimum Gasteiger partial charge on any atom is -0.508 e. The summed E-state index contributed by atoms with van der Waals surface area (Å²) in [4.78, 5) is 28.0. The summed E-state index contributed by atoms with van der Waals surface area (Å²) in [5.74, 6) is -1.99. The van der Waals surface area contributed by atoms with Gasteiger partial charge < -0.3 is 14.9 Å². The molecule has 0 saturated carbocycles. The Balaban J connectivity index is 2.02. The molecule has 1 aliphatic heterocycles. The quantitative estimate of drug-likeness (QED) is 0.264. The third-order valence-electron chi connectivity index (χ3n) is 5.73. The van der Waals surface area contributed by atoms with E-state index in [1.54, 1.807) is 18.2 Å². The van der Waals surface area contributed by atoms with Crippen molar-refractivity contribution in [1.29, 1.82) is 0 Å². The second kappa shape index (κ2) is 9.05. The molecule has 174 valence electrons. The Morgan fingerprint density at radius 2 is 1.68 bits per heavy atom. The molecule has 2 N–H and O–H groups in total. The van der Waals surface area contributed by atoms with Crippen LogP contribution in [0.1, 0.15) is 28.3 Å². The van der Waals surface area contributed by atoms with Gasteiger partial charge in [-0.05, 0) is 55.3 Å². The number of ether oxygens (including phenoxy) is 1. The molecule has 0 radical (unpaired) electrons. The van der Waals surface area contributed by atoms with Gasteiger partial charge in [0.2, 0.25) is 0 Å². The highest BCUT2D eigenvalue weighted by Gasteiger charge is 2.47. The molecule has 0 aromatic heterocycles. The van der Waals surface area contributed by atoms with Crippen LogP contribution in [0, 0.1) is 13.8 Å². The van der Waals surface area contributed by atoms with Gasteiger partial charge in [0.1, 0.15) is 17.3 Å². The zero-order valence-electron chi connectivity index (χ0n) is 18.6. The van der Waals surface area contributed by atoms with Gasteiger partial charge in [0.15, 0.2) is 0 Å². The molecule has 3 aromatic rings. The third kappa shape index (κ3) is 4.00. The molecule has 34 heavy (non-hydrogen) atoms. The van der Waals surface area contributed by atoms with Crippen LogP contribution in [-0.4, -0.2) is 29.0 Å². The van der Waals surface area contributed by atoms with Crippen LogP contribution in [0.3, 0.4) is 0 Å². The van der Waals surface area contributed by atoms with E-state index in [0.29, 0.717) is 11.3 Å². The van der Waals surface area contributed by atoms with Crippen molar-refractivity contribution < 1.29 is 24.5 Å². The first kappa shape index (κ1) is 23.7. The van der Waals surface area contributed by atoms with Crippen molar-refractivity contribution in [2.45, 2.75) is 19.9 Å². The number of aryl methyl sites for hydroxylation is 2. The molecule has 0 aliphatic carbocycles. The van der Waals surface area contributed by atoms with E-state index in [1.807, 2.05) is 26.0 Å². The largest absolute Gasteiger partial charge is 0.508 e. The lowest BCUT2D eigenvalue weighted by Crippen LogP contribution is -2.30. The van der Waals surface area contributed by atoms with Crippen LogP contribution in [0.2, 0.25) is 10.0 Å². The predicted molar refractivity (Wildman–Crippen MR) is 132 cm³/mol. The lowest BCUT2D eigenvalue weighted by Gasteiger charge is -2.27. The van der Waals surface area contributed by atoms with E-state index in [2.05, 4.69) is 0 Å². The van der Waals surface area contributed by atoms with Gasteiger partial charge in [-0.2, -0.15) is 0 Å². The van der Waals surface area contributed by atoms with Crippen molar-refractivity contribution in [2.75, 3.05) is 12.0 Å². The number of Topliss-reactive ketones (excluding diaryl/α,β-unsaturated/α-hetero) is 1. The summed E-state index contributed by atoms with van der Waals surface area (Å²) in [5, 5.41) is 21.5. The van der Waals surface area contributed by atoms with Crippen molar-refractivity contribution in [3.05, 3.63) is 92.5 Å². The Kier molecular flexibility index (Phi) is 6.30. The average molecular weight is 498 g/mol. The van der Waals surface area contributed by atoms with Crippen molar-refractivity contribution >= 4 is 46.3 Å². The number of halogens is 2. The second-order valence-electron chi connectivity index (χ2n) is 8.02. The second-order valence-corrected chi connectivity index (χ2v) is 8.86. The number of aliphatic hydroxyl groups excluding tert-OH is 1. The van der Waals surface area contributed by atoms with Crippen molar-refractivity contribution in [3.63, 3.8) is 0 Å². The highest BCUT2D eigenvalue weighted by Crippen LogP contribution is 2.45. The molecule has 1 amide bonds. The number of phenolic OH excluding ortho intramolecular Hbond substituents is 1.